The van der Waals surface area contributed by atoms with Crippen LogP contribution in [0.4, 0.5) is 5.82 Å². The number of nitrogens with one attached hydrogen (secondary N) is 2. The molecule has 0 aliphatic rings. The Morgan fingerprint density at radius 3 is 2.85 bits per heavy atom. The van der Waals surface area contributed by atoms with E-state index in [0.29, 0.717) is 30.4 Å². The molecule has 8 heteroatoms. The van der Waals surface area contributed by atoms with Gasteiger partial charge in [-0.05, 0) is 45.4 Å². The Morgan fingerprint density at radius 2 is 2.11 bits per heavy atom. The Balaban J connectivity index is 1.98. The lowest BCUT2D eigenvalue weighted by molar-refractivity contribution is -0.115. The lowest BCUT2D eigenvalue weighted by Crippen LogP contribution is -2.28. The summed E-state index contributed by atoms with van der Waals surface area (Å²) in [5.41, 5.74) is 0.685. The van der Waals surface area contributed by atoms with Crippen LogP contribution in [-0.4, -0.2) is 45.0 Å². The summed E-state index contributed by atoms with van der Waals surface area (Å²) in [4.78, 5) is 16.1. The second-order valence-corrected chi connectivity index (χ2v) is 6.43. The molecular weight excluding hydrogens is 344 g/mol. The van der Waals surface area contributed by atoms with Gasteiger partial charge in [-0.25, -0.2) is 4.98 Å². The second kappa shape index (κ2) is 10.7. The Morgan fingerprint density at radius 1 is 1.30 bits per heavy atom. The van der Waals surface area contributed by atoms with E-state index in [0.717, 1.165) is 19.4 Å². The summed E-state index contributed by atoms with van der Waals surface area (Å²) in [7, 11) is 0. The zero-order valence-electron chi connectivity index (χ0n) is 16.6. The van der Waals surface area contributed by atoms with Gasteiger partial charge in [-0.1, -0.05) is 19.9 Å². The first-order valence-electron chi connectivity index (χ1n) is 9.56. The Kier molecular flexibility index (Phi) is 8.35. The number of hydrogen-bond donors (Lipinski definition) is 2. The highest BCUT2D eigenvalue weighted by molar-refractivity contribution is 5.89. The summed E-state index contributed by atoms with van der Waals surface area (Å²) in [6, 6.07) is 5.71. The van der Waals surface area contributed by atoms with E-state index in [1.165, 1.54) is 0 Å². The van der Waals surface area contributed by atoms with Crippen molar-refractivity contribution < 1.29 is 9.53 Å². The van der Waals surface area contributed by atoms with E-state index in [9.17, 15) is 4.79 Å². The molecule has 27 heavy (non-hydrogen) atoms. The number of nitrogens with zero attached hydrogens (tertiary/aromatic N) is 4. The number of carbonyl (C=O) groups is 1. The van der Waals surface area contributed by atoms with Crippen molar-refractivity contribution in [1.29, 1.82) is 0 Å². The van der Waals surface area contributed by atoms with E-state index in [2.05, 4.69) is 39.7 Å². The second-order valence-electron chi connectivity index (χ2n) is 6.43. The van der Waals surface area contributed by atoms with Gasteiger partial charge >= 0.3 is 0 Å². The number of amides is 1. The third kappa shape index (κ3) is 6.41. The summed E-state index contributed by atoms with van der Waals surface area (Å²) < 4.78 is 7.74. The summed E-state index contributed by atoms with van der Waals surface area (Å²) in [5, 5.41) is 14.3. The lowest BCUT2D eigenvalue weighted by Gasteiger charge is -2.17. The minimum absolute atomic E-state index is 0.0683. The van der Waals surface area contributed by atoms with Gasteiger partial charge in [0, 0.05) is 19.1 Å². The zero-order valence-corrected chi connectivity index (χ0v) is 16.6. The van der Waals surface area contributed by atoms with E-state index < -0.39 is 0 Å². The van der Waals surface area contributed by atoms with Crippen LogP contribution in [0.1, 0.15) is 53.0 Å². The highest BCUT2D eigenvalue weighted by Gasteiger charge is 2.15. The molecule has 2 heterocycles. The molecule has 1 amide bonds. The van der Waals surface area contributed by atoms with E-state index >= 15 is 0 Å². The van der Waals surface area contributed by atoms with Crippen LogP contribution in [0.25, 0.3) is 11.5 Å². The standard InChI is InChI=1S/C19H30N6O2/c1-5-18(26)23-17-11-7-10-16(22-17)19-24-21-13-25(19)14(3)9-8-12-27-15(4)20-6-2/h7,10-11,13-15,20H,5-6,8-9,12H2,1-4H3,(H,22,23,26)/t14-,15?/m0/s1. The molecule has 0 spiro atoms. The number of anilines is 1. The molecule has 8 nitrogen and oxygen atoms in total. The van der Waals surface area contributed by atoms with Crippen molar-refractivity contribution in [3.63, 3.8) is 0 Å². The van der Waals surface area contributed by atoms with Crippen molar-refractivity contribution in [3.05, 3.63) is 24.5 Å². The van der Waals surface area contributed by atoms with E-state index in [-0.39, 0.29) is 18.2 Å². The average molecular weight is 374 g/mol. The number of hydrogen-bond acceptors (Lipinski definition) is 6. The normalized spacial score (nSPS) is 13.3. The van der Waals surface area contributed by atoms with Gasteiger partial charge in [-0.2, -0.15) is 0 Å². The van der Waals surface area contributed by atoms with Crippen LogP contribution < -0.4 is 10.6 Å². The molecule has 0 radical (unpaired) electrons. The first-order chi connectivity index (χ1) is 13.0. The molecule has 0 saturated carbocycles. The van der Waals surface area contributed by atoms with Crippen LogP contribution in [0.2, 0.25) is 0 Å². The SMILES string of the molecule is CCNC(C)OCCC[C@H](C)n1cnnc1-c1cccc(NC(=O)CC)n1. The Labute approximate surface area is 160 Å². The first-order valence-corrected chi connectivity index (χ1v) is 9.56. The van der Waals surface area contributed by atoms with Crippen molar-refractivity contribution >= 4 is 11.7 Å². The third-order valence-corrected chi connectivity index (χ3v) is 4.24. The molecule has 0 aromatic carbocycles. The van der Waals surface area contributed by atoms with Gasteiger partial charge in [0.1, 0.15) is 24.1 Å². The molecule has 0 aliphatic heterocycles. The summed E-state index contributed by atoms with van der Waals surface area (Å²) in [6.07, 6.45) is 4.08. The topological polar surface area (TPSA) is 94.0 Å². The predicted octanol–water partition coefficient (Wildman–Crippen LogP) is 3.00. The lowest BCUT2D eigenvalue weighted by atomic mass is 10.2. The van der Waals surface area contributed by atoms with Gasteiger partial charge in [0.15, 0.2) is 5.82 Å². The van der Waals surface area contributed by atoms with E-state index in [1.807, 2.05) is 23.6 Å². The van der Waals surface area contributed by atoms with Crippen molar-refractivity contribution in [3.8, 4) is 11.5 Å². The first kappa shape index (κ1) is 21.0. The zero-order chi connectivity index (χ0) is 19.6. The van der Waals surface area contributed by atoms with E-state index in [1.54, 1.807) is 19.3 Å². The molecule has 0 bridgehead atoms. The summed E-state index contributed by atoms with van der Waals surface area (Å²) in [6.45, 7) is 9.61. The van der Waals surface area contributed by atoms with Gasteiger partial charge in [-0.3, -0.25) is 10.1 Å². The van der Waals surface area contributed by atoms with Crippen LogP contribution in [0, 0.1) is 0 Å². The fourth-order valence-corrected chi connectivity index (χ4v) is 2.73. The molecule has 0 saturated heterocycles. The molecule has 1 unspecified atom stereocenters. The third-order valence-electron chi connectivity index (χ3n) is 4.24. The smallest absolute Gasteiger partial charge is 0.225 e. The van der Waals surface area contributed by atoms with Gasteiger partial charge in [0.2, 0.25) is 5.91 Å². The number of rotatable bonds is 11. The molecule has 0 fully saturated rings. The van der Waals surface area contributed by atoms with Crippen LogP contribution in [0.5, 0.6) is 0 Å². The maximum absolute atomic E-state index is 11.6. The molecule has 2 aromatic rings. The van der Waals surface area contributed by atoms with Crippen LogP contribution in [-0.2, 0) is 9.53 Å². The number of pyridine rings is 1. The fourth-order valence-electron chi connectivity index (χ4n) is 2.73. The highest BCUT2D eigenvalue weighted by Crippen LogP contribution is 2.22. The maximum atomic E-state index is 11.6. The highest BCUT2D eigenvalue weighted by atomic mass is 16.5. The molecule has 2 aromatic heterocycles. The van der Waals surface area contributed by atoms with Gasteiger partial charge in [0.05, 0.1) is 0 Å². The fraction of sp³-hybridized carbons (Fsp3) is 0.579. The molecule has 148 valence electrons. The average Bonchev–Trinajstić information content (AvgIpc) is 3.15. The maximum Gasteiger partial charge on any atom is 0.225 e. The monoisotopic (exact) mass is 374 g/mol. The van der Waals surface area contributed by atoms with Crippen molar-refractivity contribution in [2.45, 2.75) is 59.2 Å². The predicted molar refractivity (Wildman–Crippen MR) is 105 cm³/mol. The molecule has 2 atom stereocenters. The minimum Gasteiger partial charge on any atom is -0.364 e. The van der Waals surface area contributed by atoms with E-state index in [4.69, 9.17) is 4.74 Å². The van der Waals surface area contributed by atoms with Crippen LogP contribution in [0.3, 0.4) is 0 Å². The van der Waals surface area contributed by atoms with Crippen LogP contribution in [0.15, 0.2) is 24.5 Å². The number of carbonyl (C=O) groups excluding carboxylic acids is 1. The minimum atomic E-state index is -0.0683. The van der Waals surface area contributed by atoms with Gasteiger partial charge in [0.25, 0.3) is 0 Å². The van der Waals surface area contributed by atoms with Gasteiger partial charge in [-0.15, -0.1) is 10.2 Å². The van der Waals surface area contributed by atoms with Crippen LogP contribution >= 0.6 is 0 Å². The molecule has 2 rings (SSSR count). The molecule has 2 N–H and O–H groups in total. The summed E-state index contributed by atoms with van der Waals surface area (Å²) in [5.74, 6) is 1.14. The quantitative estimate of drug-likeness (QED) is 0.464. The largest absolute Gasteiger partial charge is 0.364 e. The molecular formula is C19H30N6O2. The van der Waals surface area contributed by atoms with Crippen molar-refractivity contribution in [2.75, 3.05) is 18.5 Å². The van der Waals surface area contributed by atoms with Gasteiger partial charge < -0.3 is 14.6 Å². The summed E-state index contributed by atoms with van der Waals surface area (Å²) >= 11 is 0. The van der Waals surface area contributed by atoms with Crippen molar-refractivity contribution in [1.82, 2.24) is 25.1 Å². The number of aromatic nitrogens is 4. The molecule has 0 aliphatic carbocycles. The Bertz CT molecular complexity index is 718. The Hall–Kier alpha value is -2.32. The van der Waals surface area contributed by atoms with Crippen molar-refractivity contribution in [2.24, 2.45) is 0 Å². The number of ether oxygens (including phenoxy) is 1.